The quantitative estimate of drug-likeness (QED) is 0.719. The summed E-state index contributed by atoms with van der Waals surface area (Å²) in [7, 11) is 1.63. The number of para-hydroxylation sites is 2. The molecule has 0 saturated heterocycles. The summed E-state index contributed by atoms with van der Waals surface area (Å²) >= 11 is 0. The van der Waals surface area contributed by atoms with Crippen molar-refractivity contribution in [2.24, 2.45) is 0 Å². The van der Waals surface area contributed by atoms with Gasteiger partial charge in [0.1, 0.15) is 6.61 Å². The summed E-state index contributed by atoms with van der Waals surface area (Å²) in [6, 6.07) is 15.4. The van der Waals surface area contributed by atoms with Crippen molar-refractivity contribution >= 4 is 0 Å². The molecule has 1 aromatic heterocycles. The van der Waals surface area contributed by atoms with E-state index in [-0.39, 0.29) is 0 Å². The molecule has 3 aromatic rings. The van der Waals surface area contributed by atoms with Crippen LogP contribution in [0.4, 0.5) is 0 Å². The molecule has 0 N–H and O–H groups in total. The first-order chi connectivity index (χ1) is 10.8. The van der Waals surface area contributed by atoms with Crippen LogP contribution < -0.4 is 9.47 Å². The molecule has 5 heteroatoms. The molecule has 5 nitrogen and oxygen atoms in total. The van der Waals surface area contributed by atoms with Crippen LogP contribution in [0.1, 0.15) is 11.5 Å². The first-order valence-electron chi connectivity index (χ1n) is 6.91. The van der Waals surface area contributed by atoms with Gasteiger partial charge >= 0.3 is 0 Å². The summed E-state index contributed by atoms with van der Waals surface area (Å²) in [4.78, 5) is 0. The SMILES string of the molecule is COc1ccccc1OCc1cccc(-c2nnc(C)o2)c1. The second-order valence-corrected chi connectivity index (χ2v) is 4.77. The highest BCUT2D eigenvalue weighted by Crippen LogP contribution is 2.27. The van der Waals surface area contributed by atoms with Gasteiger partial charge in [0, 0.05) is 12.5 Å². The van der Waals surface area contributed by atoms with Crippen LogP contribution in [0.25, 0.3) is 11.5 Å². The summed E-state index contributed by atoms with van der Waals surface area (Å²) in [5.74, 6) is 2.48. The van der Waals surface area contributed by atoms with Gasteiger partial charge in [-0.1, -0.05) is 24.3 Å². The molecule has 0 amide bonds. The summed E-state index contributed by atoms with van der Waals surface area (Å²) in [6.07, 6.45) is 0. The summed E-state index contributed by atoms with van der Waals surface area (Å²) < 4.78 is 16.5. The van der Waals surface area contributed by atoms with Crippen LogP contribution in [0, 0.1) is 6.92 Å². The average Bonchev–Trinajstić information content (AvgIpc) is 3.00. The number of methoxy groups -OCH3 is 1. The van der Waals surface area contributed by atoms with E-state index in [2.05, 4.69) is 10.2 Å². The van der Waals surface area contributed by atoms with Gasteiger partial charge in [0.15, 0.2) is 11.5 Å². The number of benzene rings is 2. The van der Waals surface area contributed by atoms with Gasteiger partial charge in [0.25, 0.3) is 0 Å². The zero-order valence-corrected chi connectivity index (χ0v) is 12.4. The zero-order valence-electron chi connectivity index (χ0n) is 12.4. The lowest BCUT2D eigenvalue weighted by molar-refractivity contribution is 0.284. The molecule has 112 valence electrons. The maximum atomic E-state index is 5.82. The molecule has 2 aromatic carbocycles. The van der Waals surface area contributed by atoms with Gasteiger partial charge in [-0.05, 0) is 29.8 Å². The van der Waals surface area contributed by atoms with E-state index in [1.54, 1.807) is 14.0 Å². The molecule has 0 aliphatic rings. The van der Waals surface area contributed by atoms with Crippen molar-refractivity contribution < 1.29 is 13.9 Å². The minimum atomic E-state index is 0.432. The van der Waals surface area contributed by atoms with E-state index in [9.17, 15) is 0 Å². The van der Waals surface area contributed by atoms with Gasteiger partial charge in [-0.25, -0.2) is 0 Å². The van der Waals surface area contributed by atoms with Crippen molar-refractivity contribution in [1.29, 1.82) is 0 Å². The Morgan fingerprint density at radius 2 is 1.82 bits per heavy atom. The molecule has 0 aliphatic carbocycles. The van der Waals surface area contributed by atoms with Gasteiger partial charge in [0.05, 0.1) is 7.11 Å². The number of hydrogen-bond donors (Lipinski definition) is 0. The molecule has 0 fully saturated rings. The molecule has 22 heavy (non-hydrogen) atoms. The molecule has 0 spiro atoms. The van der Waals surface area contributed by atoms with Crippen LogP contribution >= 0.6 is 0 Å². The molecule has 0 radical (unpaired) electrons. The van der Waals surface area contributed by atoms with E-state index in [0.717, 1.165) is 11.1 Å². The van der Waals surface area contributed by atoms with Gasteiger partial charge in [-0.15, -0.1) is 10.2 Å². The second kappa shape index (κ2) is 6.30. The molecule has 0 atom stereocenters. The second-order valence-electron chi connectivity index (χ2n) is 4.77. The third-order valence-corrected chi connectivity index (χ3v) is 3.16. The van der Waals surface area contributed by atoms with Crippen LogP contribution in [0.5, 0.6) is 11.5 Å². The van der Waals surface area contributed by atoms with Crippen molar-refractivity contribution in [1.82, 2.24) is 10.2 Å². The van der Waals surface area contributed by atoms with Crippen molar-refractivity contribution in [3.63, 3.8) is 0 Å². The molecule has 0 unspecified atom stereocenters. The van der Waals surface area contributed by atoms with E-state index in [1.165, 1.54) is 0 Å². The first-order valence-corrected chi connectivity index (χ1v) is 6.91. The number of ether oxygens (including phenoxy) is 2. The van der Waals surface area contributed by atoms with Crippen molar-refractivity contribution in [2.75, 3.05) is 7.11 Å². The smallest absolute Gasteiger partial charge is 0.247 e. The number of aryl methyl sites for hydroxylation is 1. The Morgan fingerprint density at radius 1 is 1.00 bits per heavy atom. The van der Waals surface area contributed by atoms with Gasteiger partial charge in [0.2, 0.25) is 11.8 Å². The highest BCUT2D eigenvalue weighted by molar-refractivity contribution is 5.53. The van der Waals surface area contributed by atoms with E-state index in [0.29, 0.717) is 29.9 Å². The minimum absolute atomic E-state index is 0.432. The minimum Gasteiger partial charge on any atom is -0.493 e. The van der Waals surface area contributed by atoms with Gasteiger partial charge < -0.3 is 13.9 Å². The topological polar surface area (TPSA) is 57.4 Å². The van der Waals surface area contributed by atoms with Crippen LogP contribution in [-0.4, -0.2) is 17.3 Å². The summed E-state index contributed by atoms with van der Waals surface area (Å²) in [6.45, 7) is 2.20. The number of aromatic nitrogens is 2. The van der Waals surface area contributed by atoms with Crippen LogP contribution in [0.3, 0.4) is 0 Å². The van der Waals surface area contributed by atoms with Crippen LogP contribution in [0.15, 0.2) is 52.9 Å². The predicted molar refractivity (Wildman–Crippen MR) is 81.8 cm³/mol. The molecular formula is C17H16N2O3. The Labute approximate surface area is 128 Å². The highest BCUT2D eigenvalue weighted by Gasteiger charge is 2.08. The number of hydrogen-bond acceptors (Lipinski definition) is 5. The fourth-order valence-corrected chi connectivity index (χ4v) is 2.11. The summed E-state index contributed by atoms with van der Waals surface area (Å²) in [5, 5.41) is 7.87. The van der Waals surface area contributed by atoms with E-state index in [4.69, 9.17) is 13.9 Å². The molecule has 1 heterocycles. The third-order valence-electron chi connectivity index (χ3n) is 3.16. The Balaban J connectivity index is 1.76. The molecule has 0 bridgehead atoms. The van der Waals surface area contributed by atoms with Crippen molar-refractivity contribution in [3.8, 4) is 23.0 Å². The molecular weight excluding hydrogens is 280 g/mol. The molecule has 3 rings (SSSR count). The monoisotopic (exact) mass is 296 g/mol. The maximum Gasteiger partial charge on any atom is 0.247 e. The van der Waals surface area contributed by atoms with E-state index >= 15 is 0 Å². The summed E-state index contributed by atoms with van der Waals surface area (Å²) in [5.41, 5.74) is 1.89. The maximum absolute atomic E-state index is 5.82. The Bertz CT molecular complexity index is 768. The Kier molecular flexibility index (Phi) is 4.05. The number of nitrogens with zero attached hydrogens (tertiary/aromatic N) is 2. The normalized spacial score (nSPS) is 10.5. The van der Waals surface area contributed by atoms with Crippen molar-refractivity contribution in [2.45, 2.75) is 13.5 Å². The lowest BCUT2D eigenvalue weighted by Crippen LogP contribution is -1.97. The van der Waals surface area contributed by atoms with Crippen LogP contribution in [0.2, 0.25) is 0 Å². The Hall–Kier alpha value is -2.82. The fourth-order valence-electron chi connectivity index (χ4n) is 2.11. The number of rotatable bonds is 5. The highest BCUT2D eigenvalue weighted by atomic mass is 16.5. The van der Waals surface area contributed by atoms with Crippen LogP contribution in [-0.2, 0) is 6.61 Å². The molecule has 0 saturated carbocycles. The average molecular weight is 296 g/mol. The first kappa shape index (κ1) is 14.1. The standard InChI is InChI=1S/C17H16N2O3/c1-12-18-19-17(22-12)14-7-5-6-13(10-14)11-21-16-9-4-3-8-15(16)20-2/h3-10H,11H2,1-2H3. The third kappa shape index (κ3) is 3.09. The lowest BCUT2D eigenvalue weighted by Gasteiger charge is -2.10. The van der Waals surface area contributed by atoms with E-state index in [1.807, 2.05) is 48.5 Å². The fraction of sp³-hybridized carbons (Fsp3) is 0.176. The van der Waals surface area contributed by atoms with Crippen molar-refractivity contribution in [3.05, 3.63) is 60.0 Å². The molecule has 0 aliphatic heterocycles. The largest absolute Gasteiger partial charge is 0.493 e. The Morgan fingerprint density at radius 3 is 2.55 bits per heavy atom. The predicted octanol–water partition coefficient (Wildman–Crippen LogP) is 3.63. The lowest BCUT2D eigenvalue weighted by atomic mass is 10.1. The van der Waals surface area contributed by atoms with Gasteiger partial charge in [-0.3, -0.25) is 0 Å². The van der Waals surface area contributed by atoms with Gasteiger partial charge in [-0.2, -0.15) is 0 Å². The zero-order chi connectivity index (χ0) is 15.4. The van der Waals surface area contributed by atoms with E-state index < -0.39 is 0 Å².